The van der Waals surface area contributed by atoms with Gasteiger partial charge in [0.25, 0.3) is 6.01 Å². The van der Waals surface area contributed by atoms with Gasteiger partial charge >= 0.3 is 0 Å². The van der Waals surface area contributed by atoms with E-state index >= 15 is 0 Å². The van der Waals surface area contributed by atoms with Crippen LogP contribution in [-0.4, -0.2) is 82.9 Å². The molecule has 0 spiro atoms. The first-order valence-electron chi connectivity index (χ1n) is 11.6. The van der Waals surface area contributed by atoms with Crippen LogP contribution < -0.4 is 4.74 Å². The highest BCUT2D eigenvalue weighted by Gasteiger charge is 2.48. The molecule has 0 aliphatic carbocycles. The summed E-state index contributed by atoms with van der Waals surface area (Å²) in [4.78, 5) is 16.8. The molecule has 4 atom stereocenters. The number of hydrogen-bond donors (Lipinski definition) is 2. The van der Waals surface area contributed by atoms with Crippen molar-refractivity contribution in [2.24, 2.45) is 0 Å². The maximum Gasteiger partial charge on any atom is 0.296 e. The standard InChI is InChI=1S/C24H19ClN8O4/c25-15-7-17-23(30-24(28-17)37-19-10-36-21-18(34)9-35-22(19)21)29-20(15)13-3-1-12(2-4-13)16-6-5-14(8-26-16)33-11-27-31-32-33/h1-8,11,18-19,21-22,34H,9-10H2,(H,28,29,30)/t18-,19-,21?,22?/m1/s1. The van der Waals surface area contributed by atoms with Gasteiger partial charge in [-0.25, -0.2) is 4.98 Å². The normalized spacial score (nSPS) is 23.0. The molecule has 2 aliphatic heterocycles. The Morgan fingerprint density at radius 1 is 1.03 bits per heavy atom. The Morgan fingerprint density at radius 3 is 2.65 bits per heavy atom. The average Bonchev–Trinajstić information content (AvgIpc) is 3.71. The molecular formula is C24H19ClN8O4. The zero-order valence-corrected chi connectivity index (χ0v) is 19.9. The van der Waals surface area contributed by atoms with Gasteiger partial charge in [-0.15, -0.1) is 5.10 Å². The van der Waals surface area contributed by atoms with Gasteiger partial charge in [0.2, 0.25) is 0 Å². The predicted molar refractivity (Wildman–Crippen MR) is 130 cm³/mol. The molecular weight excluding hydrogens is 500 g/mol. The Labute approximate surface area is 214 Å². The number of imidazole rings is 1. The average molecular weight is 519 g/mol. The largest absolute Gasteiger partial charge is 0.456 e. The topological polar surface area (TPSA) is 146 Å². The van der Waals surface area contributed by atoms with Gasteiger partial charge in [-0.1, -0.05) is 35.9 Å². The van der Waals surface area contributed by atoms with Crippen molar-refractivity contribution in [1.29, 1.82) is 0 Å². The number of ether oxygens (including phenoxy) is 3. The quantitative estimate of drug-likeness (QED) is 0.355. The molecule has 7 rings (SSSR count). The maximum absolute atomic E-state index is 9.93. The van der Waals surface area contributed by atoms with Gasteiger partial charge in [0.15, 0.2) is 11.8 Å². The number of hydrogen-bond acceptors (Lipinski definition) is 10. The minimum absolute atomic E-state index is 0.233. The summed E-state index contributed by atoms with van der Waals surface area (Å²) in [5, 5.41) is 21.6. The molecule has 12 nitrogen and oxygen atoms in total. The number of aliphatic hydroxyl groups excluding tert-OH is 1. The molecule has 1 aromatic carbocycles. The molecule has 0 radical (unpaired) electrons. The van der Waals surface area contributed by atoms with Gasteiger partial charge in [-0.3, -0.25) is 4.98 Å². The van der Waals surface area contributed by atoms with E-state index in [0.29, 0.717) is 34.5 Å². The number of nitrogens with zero attached hydrogens (tertiary/aromatic N) is 7. The van der Waals surface area contributed by atoms with Crippen molar-refractivity contribution < 1.29 is 19.3 Å². The van der Waals surface area contributed by atoms with E-state index in [1.165, 1.54) is 6.33 Å². The molecule has 2 unspecified atom stereocenters. The number of aliphatic hydroxyl groups is 1. The van der Waals surface area contributed by atoms with E-state index in [0.717, 1.165) is 22.5 Å². The van der Waals surface area contributed by atoms with Gasteiger partial charge in [0, 0.05) is 11.1 Å². The van der Waals surface area contributed by atoms with Crippen molar-refractivity contribution in [3.05, 3.63) is 60.0 Å². The fourth-order valence-corrected chi connectivity index (χ4v) is 4.87. The summed E-state index contributed by atoms with van der Waals surface area (Å²) < 4.78 is 18.7. The molecule has 2 fully saturated rings. The highest BCUT2D eigenvalue weighted by Crippen LogP contribution is 2.33. The number of aromatic nitrogens is 8. The minimum Gasteiger partial charge on any atom is -0.456 e. The lowest BCUT2D eigenvalue weighted by Crippen LogP contribution is -2.34. The number of nitrogens with one attached hydrogen (secondary N) is 1. The van der Waals surface area contributed by atoms with Gasteiger partial charge in [0.1, 0.15) is 24.6 Å². The molecule has 0 amide bonds. The Balaban J connectivity index is 1.11. The van der Waals surface area contributed by atoms with Crippen LogP contribution in [0, 0.1) is 0 Å². The van der Waals surface area contributed by atoms with Crippen LogP contribution in [0.2, 0.25) is 5.02 Å². The van der Waals surface area contributed by atoms with Crippen LogP contribution in [0.3, 0.4) is 0 Å². The third-order valence-corrected chi connectivity index (χ3v) is 6.75. The van der Waals surface area contributed by atoms with E-state index in [-0.39, 0.29) is 24.9 Å². The number of rotatable bonds is 5. The van der Waals surface area contributed by atoms with Crippen LogP contribution in [0.25, 0.3) is 39.4 Å². The second kappa shape index (κ2) is 8.85. The lowest BCUT2D eigenvalue weighted by molar-refractivity contribution is 0.00706. The number of halogens is 1. The number of pyridine rings is 2. The van der Waals surface area contributed by atoms with Gasteiger partial charge in [-0.05, 0) is 28.6 Å². The predicted octanol–water partition coefficient (Wildman–Crippen LogP) is 2.22. The lowest BCUT2D eigenvalue weighted by Gasteiger charge is -2.15. The van der Waals surface area contributed by atoms with Crippen molar-refractivity contribution in [2.75, 3.05) is 13.2 Å². The molecule has 4 aromatic heterocycles. The minimum atomic E-state index is -0.643. The van der Waals surface area contributed by atoms with E-state index < -0.39 is 6.10 Å². The van der Waals surface area contributed by atoms with Gasteiger partial charge in [-0.2, -0.15) is 9.67 Å². The summed E-state index contributed by atoms with van der Waals surface area (Å²) >= 11 is 6.58. The molecule has 2 aliphatic rings. The molecule has 2 N–H and O–H groups in total. The molecule has 186 valence electrons. The zero-order valence-electron chi connectivity index (χ0n) is 19.1. The Bertz CT molecular complexity index is 1560. The summed E-state index contributed by atoms with van der Waals surface area (Å²) in [7, 11) is 0. The second-order valence-electron chi connectivity index (χ2n) is 8.78. The van der Waals surface area contributed by atoms with Gasteiger partial charge < -0.3 is 24.3 Å². The molecule has 13 heteroatoms. The first-order chi connectivity index (χ1) is 18.1. The Kier molecular flexibility index (Phi) is 5.32. The van der Waals surface area contributed by atoms with E-state index in [1.54, 1.807) is 16.9 Å². The van der Waals surface area contributed by atoms with Gasteiger partial charge in [0.05, 0.1) is 47.0 Å². The molecule has 37 heavy (non-hydrogen) atoms. The monoisotopic (exact) mass is 518 g/mol. The van der Waals surface area contributed by atoms with Crippen LogP contribution in [0.4, 0.5) is 0 Å². The van der Waals surface area contributed by atoms with Crippen LogP contribution in [0.15, 0.2) is 55.0 Å². The summed E-state index contributed by atoms with van der Waals surface area (Å²) in [6, 6.07) is 13.7. The van der Waals surface area contributed by atoms with Crippen molar-refractivity contribution in [3.8, 4) is 34.2 Å². The zero-order chi connectivity index (χ0) is 24.9. The van der Waals surface area contributed by atoms with Crippen LogP contribution in [0.5, 0.6) is 6.01 Å². The van der Waals surface area contributed by atoms with Crippen molar-refractivity contribution in [3.63, 3.8) is 0 Å². The second-order valence-corrected chi connectivity index (χ2v) is 9.19. The SMILES string of the molecule is O[C@@H]1COC2C1OC[C@H]2Oc1nc2nc(-c3ccc(-c4ccc(-n5cnnn5)cn4)cc3)c(Cl)cc2[nH]1. The fourth-order valence-electron chi connectivity index (χ4n) is 4.61. The smallest absolute Gasteiger partial charge is 0.296 e. The molecule has 5 aromatic rings. The molecule has 2 saturated heterocycles. The number of benzene rings is 1. The third-order valence-electron chi connectivity index (χ3n) is 6.47. The lowest BCUT2D eigenvalue weighted by atomic mass is 10.1. The van der Waals surface area contributed by atoms with Crippen molar-refractivity contribution in [1.82, 2.24) is 40.1 Å². The highest BCUT2D eigenvalue weighted by atomic mass is 35.5. The molecule has 0 saturated carbocycles. The van der Waals surface area contributed by atoms with Crippen LogP contribution in [0.1, 0.15) is 0 Å². The summed E-state index contributed by atoms with van der Waals surface area (Å²) in [6.45, 7) is 0.543. The molecule has 0 bridgehead atoms. The first kappa shape index (κ1) is 22.2. The first-order valence-corrected chi connectivity index (χ1v) is 11.9. The summed E-state index contributed by atoms with van der Waals surface area (Å²) in [6.07, 6.45) is 1.50. The Morgan fingerprint density at radius 2 is 1.86 bits per heavy atom. The maximum atomic E-state index is 9.93. The highest BCUT2D eigenvalue weighted by molar-refractivity contribution is 6.33. The third kappa shape index (κ3) is 4.00. The number of H-pyrrole nitrogens is 1. The number of tetrazole rings is 1. The van der Waals surface area contributed by atoms with Crippen LogP contribution >= 0.6 is 11.6 Å². The number of fused-ring (bicyclic) bond motifs is 2. The molecule has 6 heterocycles. The summed E-state index contributed by atoms with van der Waals surface area (Å²) in [5.74, 6) is 0. The van der Waals surface area contributed by atoms with Crippen molar-refractivity contribution >= 4 is 22.8 Å². The van der Waals surface area contributed by atoms with E-state index in [1.807, 2.05) is 36.4 Å². The van der Waals surface area contributed by atoms with Crippen LogP contribution in [-0.2, 0) is 9.47 Å². The Hall–Kier alpha value is -3.97. The fraction of sp³-hybridized carbons (Fsp3) is 0.250. The van der Waals surface area contributed by atoms with E-state index in [2.05, 4.69) is 35.5 Å². The summed E-state index contributed by atoms with van der Waals surface area (Å²) in [5.41, 5.74) is 5.08. The van der Waals surface area contributed by atoms with E-state index in [4.69, 9.17) is 25.8 Å². The van der Waals surface area contributed by atoms with Crippen molar-refractivity contribution in [2.45, 2.75) is 24.4 Å². The van der Waals surface area contributed by atoms with E-state index in [9.17, 15) is 5.11 Å². The number of aromatic amines is 1.